The van der Waals surface area contributed by atoms with Gasteiger partial charge in [0, 0.05) is 29.2 Å². The lowest BCUT2D eigenvalue weighted by atomic mass is 10.1. The summed E-state index contributed by atoms with van der Waals surface area (Å²) < 4.78 is 7.42. The fraction of sp³-hybridized carbons (Fsp3) is 0.118. The molecule has 0 spiro atoms. The molecule has 0 aliphatic rings. The molecule has 0 unspecified atom stereocenters. The molecule has 0 saturated heterocycles. The lowest BCUT2D eigenvalue weighted by molar-refractivity contribution is 0.414. The Bertz CT molecular complexity index is 882. The van der Waals surface area contributed by atoms with Crippen molar-refractivity contribution < 1.29 is 4.74 Å². The molecule has 0 atom stereocenters. The van der Waals surface area contributed by atoms with E-state index in [1.165, 1.54) is 0 Å². The normalized spacial score (nSPS) is 11.2. The van der Waals surface area contributed by atoms with Crippen LogP contribution < -0.4 is 10.6 Å². The van der Waals surface area contributed by atoms with Gasteiger partial charge in [-0.25, -0.2) is 0 Å². The Labute approximate surface area is 133 Å². The van der Waals surface area contributed by atoms with Crippen LogP contribution in [0.2, 0.25) is 0 Å². The van der Waals surface area contributed by atoms with Crippen LogP contribution in [0, 0.1) is 5.41 Å². The van der Waals surface area contributed by atoms with Gasteiger partial charge in [-0.05, 0) is 42.0 Å². The van der Waals surface area contributed by atoms with Gasteiger partial charge in [0.05, 0.1) is 7.11 Å². The standard InChI is InChI=1S/C17H17N5O/c1-23-15-4-2-3-12(9-15)11-22-8-7-13-10-14(5-6-16(13)22)17(18)20-21-19/h2-10H,11H2,1H3,(H3,18,19,20). The number of nitrogens with zero attached hydrogens (tertiary/aromatic N) is 3. The summed E-state index contributed by atoms with van der Waals surface area (Å²) in [6.45, 7) is 0.750. The number of nitrogens with one attached hydrogen (secondary N) is 1. The molecule has 0 fully saturated rings. The van der Waals surface area contributed by atoms with Crippen LogP contribution in [-0.4, -0.2) is 17.5 Å². The van der Waals surface area contributed by atoms with Crippen LogP contribution in [-0.2, 0) is 6.54 Å². The van der Waals surface area contributed by atoms with Gasteiger partial charge in [0.1, 0.15) is 5.75 Å². The van der Waals surface area contributed by atoms with E-state index in [-0.39, 0.29) is 5.84 Å². The third kappa shape index (κ3) is 3.06. The second-order valence-corrected chi connectivity index (χ2v) is 5.13. The summed E-state index contributed by atoms with van der Waals surface area (Å²) in [7, 11) is 1.67. The maximum Gasteiger partial charge on any atom is 0.176 e. The van der Waals surface area contributed by atoms with Crippen LogP contribution in [0.5, 0.6) is 5.75 Å². The van der Waals surface area contributed by atoms with Gasteiger partial charge >= 0.3 is 0 Å². The minimum absolute atomic E-state index is 0.0509. The second kappa shape index (κ2) is 6.31. The maximum absolute atomic E-state index is 7.77. The summed E-state index contributed by atoms with van der Waals surface area (Å²) in [6.07, 6.45) is 2.03. The van der Waals surface area contributed by atoms with Crippen LogP contribution in [0.4, 0.5) is 0 Å². The van der Waals surface area contributed by atoms with Crippen molar-refractivity contribution in [3.05, 3.63) is 65.9 Å². The first-order valence-corrected chi connectivity index (χ1v) is 7.13. The smallest absolute Gasteiger partial charge is 0.176 e. The van der Waals surface area contributed by atoms with Crippen molar-refractivity contribution in [2.45, 2.75) is 6.54 Å². The molecule has 116 valence electrons. The van der Waals surface area contributed by atoms with Gasteiger partial charge < -0.3 is 15.1 Å². The molecule has 0 aliphatic carbocycles. The Morgan fingerprint density at radius 3 is 2.87 bits per heavy atom. The minimum Gasteiger partial charge on any atom is -0.497 e. The number of rotatable bonds is 4. The van der Waals surface area contributed by atoms with E-state index in [4.69, 9.17) is 16.0 Å². The number of hydrogen-bond acceptors (Lipinski definition) is 3. The third-order valence-corrected chi connectivity index (χ3v) is 3.69. The van der Waals surface area contributed by atoms with E-state index < -0.39 is 0 Å². The zero-order chi connectivity index (χ0) is 16.2. The molecule has 6 heteroatoms. The quantitative estimate of drug-likeness (QED) is 0.254. The number of fused-ring (bicyclic) bond motifs is 1. The van der Waals surface area contributed by atoms with Crippen LogP contribution in [0.1, 0.15) is 11.1 Å². The summed E-state index contributed by atoms with van der Waals surface area (Å²) in [5, 5.41) is 15.5. The molecule has 3 rings (SSSR count). The minimum atomic E-state index is 0.0509. The molecule has 1 aromatic heterocycles. The monoisotopic (exact) mass is 307 g/mol. The molecule has 0 saturated carbocycles. The average Bonchev–Trinajstić information content (AvgIpc) is 2.97. The summed E-state index contributed by atoms with van der Waals surface area (Å²) >= 11 is 0. The Balaban J connectivity index is 1.92. The van der Waals surface area contributed by atoms with Gasteiger partial charge in [-0.2, -0.15) is 0 Å². The number of benzene rings is 2. The zero-order valence-corrected chi connectivity index (χ0v) is 12.7. The van der Waals surface area contributed by atoms with Gasteiger partial charge in [0.2, 0.25) is 0 Å². The summed E-state index contributed by atoms with van der Waals surface area (Å²) in [5.74, 6) is 5.90. The van der Waals surface area contributed by atoms with Gasteiger partial charge in [-0.15, -0.1) is 5.11 Å². The summed E-state index contributed by atoms with van der Waals surface area (Å²) in [4.78, 5) is 0. The molecular formula is C17H17N5O. The molecule has 0 aliphatic heterocycles. The summed E-state index contributed by atoms with van der Waals surface area (Å²) in [5.41, 5.74) is 2.94. The molecule has 6 nitrogen and oxygen atoms in total. The van der Waals surface area contributed by atoms with Crippen molar-refractivity contribution in [2.24, 2.45) is 16.2 Å². The number of nitrogens with two attached hydrogens (primary N) is 1. The van der Waals surface area contributed by atoms with Gasteiger partial charge in [-0.1, -0.05) is 17.4 Å². The lowest BCUT2D eigenvalue weighted by Crippen LogP contribution is -1.99. The first kappa shape index (κ1) is 14.8. The van der Waals surface area contributed by atoms with E-state index >= 15 is 0 Å². The summed E-state index contributed by atoms with van der Waals surface area (Å²) in [6, 6.07) is 15.8. The van der Waals surface area contributed by atoms with Crippen molar-refractivity contribution in [1.82, 2.24) is 4.57 Å². The van der Waals surface area contributed by atoms with Crippen molar-refractivity contribution >= 4 is 16.7 Å². The molecule has 2 aromatic carbocycles. The number of hydrogen-bond donors (Lipinski definition) is 2. The predicted molar refractivity (Wildman–Crippen MR) is 89.9 cm³/mol. The molecule has 0 radical (unpaired) electrons. The fourth-order valence-corrected chi connectivity index (χ4v) is 2.57. The molecule has 23 heavy (non-hydrogen) atoms. The SMILES string of the molecule is COc1cccc(Cn2ccc3cc(C(=N)N=NN)ccc32)c1. The van der Waals surface area contributed by atoms with E-state index in [2.05, 4.69) is 21.0 Å². The van der Waals surface area contributed by atoms with Crippen molar-refractivity contribution in [2.75, 3.05) is 7.11 Å². The van der Waals surface area contributed by atoms with Crippen LogP contribution in [0.3, 0.4) is 0 Å². The Hall–Kier alpha value is -3.15. The Morgan fingerprint density at radius 1 is 1.22 bits per heavy atom. The molecule has 0 bridgehead atoms. The van der Waals surface area contributed by atoms with Crippen molar-refractivity contribution in [3.63, 3.8) is 0 Å². The average molecular weight is 307 g/mol. The van der Waals surface area contributed by atoms with E-state index in [1.807, 2.05) is 48.7 Å². The maximum atomic E-state index is 7.77. The zero-order valence-electron chi connectivity index (χ0n) is 12.7. The predicted octanol–water partition coefficient (Wildman–Crippen LogP) is 3.35. The van der Waals surface area contributed by atoms with E-state index in [1.54, 1.807) is 7.11 Å². The Kier molecular flexibility index (Phi) is 4.05. The van der Waals surface area contributed by atoms with E-state index in [0.717, 1.165) is 28.8 Å². The van der Waals surface area contributed by atoms with Crippen LogP contribution in [0.15, 0.2) is 65.1 Å². The number of aromatic nitrogens is 1. The van der Waals surface area contributed by atoms with Crippen molar-refractivity contribution in [1.29, 1.82) is 5.41 Å². The Morgan fingerprint density at radius 2 is 2.09 bits per heavy atom. The molecule has 3 aromatic rings. The first-order valence-electron chi connectivity index (χ1n) is 7.13. The highest BCUT2D eigenvalue weighted by atomic mass is 16.5. The highest BCUT2D eigenvalue weighted by molar-refractivity contribution is 6.00. The van der Waals surface area contributed by atoms with Gasteiger partial charge in [0.25, 0.3) is 0 Å². The number of ether oxygens (including phenoxy) is 1. The molecule has 0 amide bonds. The lowest BCUT2D eigenvalue weighted by Gasteiger charge is -2.08. The van der Waals surface area contributed by atoms with E-state index in [0.29, 0.717) is 5.56 Å². The topological polar surface area (TPSA) is 88.8 Å². The number of methoxy groups -OCH3 is 1. The van der Waals surface area contributed by atoms with Gasteiger partial charge in [0.15, 0.2) is 5.84 Å². The molecule has 3 N–H and O–H groups in total. The number of amidine groups is 1. The van der Waals surface area contributed by atoms with Crippen molar-refractivity contribution in [3.8, 4) is 5.75 Å². The van der Waals surface area contributed by atoms with Gasteiger partial charge in [-0.3, -0.25) is 5.41 Å². The highest BCUT2D eigenvalue weighted by Crippen LogP contribution is 2.21. The highest BCUT2D eigenvalue weighted by Gasteiger charge is 2.06. The van der Waals surface area contributed by atoms with Crippen LogP contribution in [0.25, 0.3) is 10.9 Å². The largest absolute Gasteiger partial charge is 0.497 e. The molecule has 1 heterocycles. The second-order valence-electron chi connectivity index (χ2n) is 5.13. The molecular weight excluding hydrogens is 290 g/mol. The van der Waals surface area contributed by atoms with Crippen LogP contribution >= 0.6 is 0 Å². The first-order chi connectivity index (χ1) is 11.2. The van der Waals surface area contributed by atoms with E-state index in [9.17, 15) is 0 Å². The fourth-order valence-electron chi connectivity index (χ4n) is 2.57. The third-order valence-electron chi connectivity index (χ3n) is 3.69.